The standard InChI is InChI=1S/C21H20N6O3/c1-11-5-4-6-16(12(11)2)23-19(28)17-13(3)22-21-24-25-26-27(21)18(17)14-7-9-15(10-8-14)20(29)30/h4-10,18H,1-3H3,(H,23,28)(H,29,30)(H,22,24,26). The molecule has 0 radical (unpaired) electrons. The fourth-order valence-electron chi connectivity index (χ4n) is 3.50. The van der Waals surface area contributed by atoms with Crippen molar-refractivity contribution in [2.24, 2.45) is 0 Å². The molecule has 0 spiro atoms. The molecule has 3 N–H and O–H groups in total. The van der Waals surface area contributed by atoms with Gasteiger partial charge in [0.25, 0.3) is 5.91 Å². The zero-order valence-electron chi connectivity index (χ0n) is 16.7. The molecule has 4 rings (SSSR count). The summed E-state index contributed by atoms with van der Waals surface area (Å²) in [6, 6.07) is 11.5. The largest absolute Gasteiger partial charge is 0.478 e. The Morgan fingerprint density at radius 1 is 1.10 bits per heavy atom. The number of tetrazole rings is 1. The van der Waals surface area contributed by atoms with Crippen molar-refractivity contribution in [2.75, 3.05) is 10.6 Å². The van der Waals surface area contributed by atoms with Gasteiger partial charge in [-0.3, -0.25) is 4.79 Å². The minimum Gasteiger partial charge on any atom is -0.478 e. The molecule has 152 valence electrons. The van der Waals surface area contributed by atoms with Crippen LogP contribution in [0.5, 0.6) is 0 Å². The number of carboxylic acids is 1. The number of hydrogen-bond acceptors (Lipinski definition) is 6. The Morgan fingerprint density at radius 3 is 2.53 bits per heavy atom. The summed E-state index contributed by atoms with van der Waals surface area (Å²) in [5, 5.41) is 27.0. The zero-order valence-corrected chi connectivity index (χ0v) is 16.7. The summed E-state index contributed by atoms with van der Waals surface area (Å²) in [6.45, 7) is 5.72. The van der Waals surface area contributed by atoms with Crippen molar-refractivity contribution in [2.45, 2.75) is 26.8 Å². The van der Waals surface area contributed by atoms with Crippen LogP contribution < -0.4 is 10.6 Å². The highest BCUT2D eigenvalue weighted by atomic mass is 16.4. The van der Waals surface area contributed by atoms with E-state index in [4.69, 9.17) is 0 Å². The Bertz CT molecular complexity index is 1180. The molecule has 2 aromatic carbocycles. The van der Waals surface area contributed by atoms with Crippen LogP contribution in [0, 0.1) is 13.8 Å². The Balaban J connectivity index is 1.76. The summed E-state index contributed by atoms with van der Waals surface area (Å²) >= 11 is 0. The number of nitrogens with zero attached hydrogens (tertiary/aromatic N) is 4. The number of carbonyl (C=O) groups is 2. The van der Waals surface area contributed by atoms with Gasteiger partial charge in [-0.05, 0) is 66.1 Å². The molecule has 30 heavy (non-hydrogen) atoms. The first-order valence-electron chi connectivity index (χ1n) is 9.33. The number of hydrogen-bond donors (Lipinski definition) is 3. The third kappa shape index (κ3) is 3.30. The average molecular weight is 404 g/mol. The molecule has 1 aromatic heterocycles. The van der Waals surface area contributed by atoms with Crippen LogP contribution in [0.2, 0.25) is 0 Å². The first kappa shape index (κ1) is 19.3. The number of nitrogens with one attached hydrogen (secondary N) is 2. The van der Waals surface area contributed by atoms with Crippen molar-refractivity contribution >= 4 is 23.5 Å². The fraction of sp³-hybridized carbons (Fsp3) is 0.190. The molecule has 0 saturated carbocycles. The normalized spacial score (nSPS) is 15.4. The van der Waals surface area contributed by atoms with Gasteiger partial charge in [-0.15, -0.1) is 0 Å². The van der Waals surface area contributed by atoms with Gasteiger partial charge in [0.05, 0.1) is 11.1 Å². The molecule has 2 heterocycles. The monoisotopic (exact) mass is 404 g/mol. The maximum atomic E-state index is 13.3. The maximum Gasteiger partial charge on any atom is 0.335 e. The van der Waals surface area contributed by atoms with Gasteiger partial charge in [0, 0.05) is 11.4 Å². The lowest BCUT2D eigenvalue weighted by Crippen LogP contribution is -2.31. The number of carboxylic acid groups (broad SMARTS) is 1. The Morgan fingerprint density at radius 2 is 1.83 bits per heavy atom. The van der Waals surface area contributed by atoms with E-state index in [0.717, 1.165) is 16.8 Å². The minimum atomic E-state index is -1.02. The lowest BCUT2D eigenvalue weighted by Gasteiger charge is -2.28. The van der Waals surface area contributed by atoms with Crippen LogP contribution in [0.15, 0.2) is 53.7 Å². The van der Waals surface area contributed by atoms with Crippen LogP contribution in [-0.2, 0) is 4.79 Å². The second kappa shape index (κ2) is 7.43. The summed E-state index contributed by atoms with van der Waals surface area (Å²) in [4.78, 5) is 24.6. The van der Waals surface area contributed by atoms with E-state index in [1.54, 1.807) is 19.1 Å². The van der Waals surface area contributed by atoms with Crippen molar-refractivity contribution < 1.29 is 14.7 Å². The van der Waals surface area contributed by atoms with Gasteiger partial charge in [0.2, 0.25) is 5.95 Å². The summed E-state index contributed by atoms with van der Waals surface area (Å²) in [7, 11) is 0. The molecular weight excluding hydrogens is 384 g/mol. The van der Waals surface area contributed by atoms with Crippen molar-refractivity contribution in [3.63, 3.8) is 0 Å². The number of benzene rings is 2. The van der Waals surface area contributed by atoms with E-state index in [9.17, 15) is 14.7 Å². The van der Waals surface area contributed by atoms with Gasteiger partial charge in [-0.2, -0.15) is 4.68 Å². The van der Waals surface area contributed by atoms with Gasteiger partial charge in [-0.1, -0.05) is 29.4 Å². The first-order valence-corrected chi connectivity index (χ1v) is 9.33. The molecule has 0 saturated heterocycles. The predicted octanol–water partition coefficient (Wildman–Crippen LogP) is 2.92. The van der Waals surface area contributed by atoms with Crippen molar-refractivity contribution in [1.82, 2.24) is 20.2 Å². The highest BCUT2D eigenvalue weighted by Gasteiger charge is 2.34. The molecule has 0 bridgehead atoms. The summed E-state index contributed by atoms with van der Waals surface area (Å²) in [5.41, 5.74) is 4.70. The van der Waals surface area contributed by atoms with Gasteiger partial charge in [0.15, 0.2) is 0 Å². The number of aromatic nitrogens is 4. The van der Waals surface area contributed by atoms with E-state index in [1.807, 2.05) is 32.0 Å². The van der Waals surface area contributed by atoms with Crippen molar-refractivity contribution in [1.29, 1.82) is 0 Å². The average Bonchev–Trinajstić information content (AvgIpc) is 3.18. The Labute approximate surface area is 172 Å². The topological polar surface area (TPSA) is 122 Å². The van der Waals surface area contributed by atoms with E-state index < -0.39 is 12.0 Å². The van der Waals surface area contributed by atoms with Crippen LogP contribution in [0.4, 0.5) is 11.6 Å². The summed E-state index contributed by atoms with van der Waals surface area (Å²) < 4.78 is 1.51. The number of aryl methyl sites for hydroxylation is 1. The van der Waals surface area contributed by atoms with E-state index in [-0.39, 0.29) is 11.5 Å². The first-order chi connectivity index (χ1) is 14.4. The number of carbonyl (C=O) groups excluding carboxylic acids is 1. The Hall–Kier alpha value is -4.01. The molecule has 1 atom stereocenters. The quantitative estimate of drug-likeness (QED) is 0.611. The van der Waals surface area contributed by atoms with Gasteiger partial charge in [-0.25, -0.2) is 4.79 Å². The molecular formula is C21H20N6O3. The van der Waals surface area contributed by atoms with E-state index in [0.29, 0.717) is 22.8 Å². The minimum absolute atomic E-state index is 0.159. The second-order valence-electron chi connectivity index (χ2n) is 7.14. The van der Waals surface area contributed by atoms with Crippen LogP contribution in [0.3, 0.4) is 0 Å². The van der Waals surface area contributed by atoms with E-state index in [2.05, 4.69) is 26.2 Å². The third-order valence-electron chi connectivity index (χ3n) is 5.28. The van der Waals surface area contributed by atoms with Crippen LogP contribution >= 0.6 is 0 Å². The SMILES string of the molecule is CC1=C(C(=O)Nc2cccc(C)c2C)C(c2ccc(C(=O)O)cc2)n2nnnc2N1. The molecule has 0 aliphatic carbocycles. The van der Waals surface area contributed by atoms with Crippen molar-refractivity contribution in [3.05, 3.63) is 76.0 Å². The van der Waals surface area contributed by atoms with Crippen LogP contribution in [0.25, 0.3) is 0 Å². The fourth-order valence-corrected chi connectivity index (χ4v) is 3.50. The summed E-state index contributed by atoms with van der Waals surface area (Å²) in [5.74, 6) is -0.903. The molecule has 0 fully saturated rings. The molecule has 1 amide bonds. The third-order valence-corrected chi connectivity index (χ3v) is 5.28. The highest BCUT2D eigenvalue weighted by Crippen LogP contribution is 2.35. The number of rotatable bonds is 4. The lowest BCUT2D eigenvalue weighted by atomic mass is 9.94. The van der Waals surface area contributed by atoms with Gasteiger partial charge < -0.3 is 15.7 Å². The number of allylic oxidation sites excluding steroid dienone is 1. The predicted molar refractivity (Wildman–Crippen MR) is 110 cm³/mol. The molecule has 1 aliphatic rings. The van der Waals surface area contributed by atoms with Crippen LogP contribution in [-0.4, -0.2) is 37.2 Å². The van der Waals surface area contributed by atoms with E-state index >= 15 is 0 Å². The second-order valence-corrected chi connectivity index (χ2v) is 7.14. The smallest absolute Gasteiger partial charge is 0.335 e. The number of fused-ring (bicyclic) bond motifs is 1. The number of amides is 1. The maximum absolute atomic E-state index is 13.3. The van der Waals surface area contributed by atoms with Crippen LogP contribution in [0.1, 0.15) is 40.0 Å². The Kier molecular flexibility index (Phi) is 4.78. The van der Waals surface area contributed by atoms with Gasteiger partial charge in [0.1, 0.15) is 6.04 Å². The highest BCUT2D eigenvalue weighted by molar-refractivity contribution is 6.06. The molecule has 9 nitrogen and oxygen atoms in total. The molecule has 3 aromatic rings. The summed E-state index contributed by atoms with van der Waals surface area (Å²) in [6.07, 6.45) is 0. The van der Waals surface area contributed by atoms with E-state index in [1.165, 1.54) is 16.8 Å². The van der Waals surface area contributed by atoms with Gasteiger partial charge >= 0.3 is 5.97 Å². The molecule has 1 unspecified atom stereocenters. The van der Waals surface area contributed by atoms with Crippen molar-refractivity contribution in [3.8, 4) is 0 Å². The molecule has 9 heteroatoms. The number of anilines is 2. The number of aromatic carboxylic acids is 1. The lowest BCUT2D eigenvalue weighted by molar-refractivity contribution is -0.113. The zero-order chi connectivity index (χ0) is 21.4. The molecule has 1 aliphatic heterocycles.